The molecule has 2 unspecified atom stereocenters. The molecule has 0 saturated heterocycles. The Bertz CT molecular complexity index is 1930. The van der Waals surface area contributed by atoms with Crippen LogP contribution in [0.3, 0.4) is 0 Å². The Morgan fingerprint density at radius 3 is 2.06 bits per heavy atom. The van der Waals surface area contributed by atoms with Crippen molar-refractivity contribution in [3.63, 3.8) is 0 Å². The number of unbranched alkanes of at least 4 members (excludes halogenated alkanes) is 12. The molecule has 1 heterocycles. The number of rotatable bonds is 26. The fourth-order valence-electron chi connectivity index (χ4n) is 8.17. The maximum atomic E-state index is 14.0. The van der Waals surface area contributed by atoms with Gasteiger partial charge in [0.15, 0.2) is 0 Å². The summed E-state index contributed by atoms with van der Waals surface area (Å²) in [4.78, 5) is 66.3. The number of carboxylic acids is 1. The Morgan fingerprint density at radius 1 is 0.846 bits per heavy atom. The number of carbonyl (C=O) groups excluding carboxylic acids is 4. The van der Waals surface area contributed by atoms with E-state index in [0.717, 1.165) is 49.7 Å². The maximum absolute atomic E-state index is 14.0. The summed E-state index contributed by atoms with van der Waals surface area (Å²) >= 11 is 0. The highest BCUT2D eigenvalue weighted by atomic mass is 16.4. The highest BCUT2D eigenvalue weighted by molar-refractivity contribution is 5.91. The van der Waals surface area contributed by atoms with Crippen LogP contribution in [0.2, 0.25) is 0 Å². The second-order valence-corrected chi connectivity index (χ2v) is 17.2. The fraction of sp³-hybridized carbons (Fsp3) is 0.549. The Morgan fingerprint density at radius 2 is 1.48 bits per heavy atom. The number of aromatic hydroxyl groups is 1. The maximum Gasteiger partial charge on any atom is 0.326 e. The van der Waals surface area contributed by atoms with Gasteiger partial charge in [0, 0.05) is 36.8 Å². The number of hydrogen-bond acceptors (Lipinski definition) is 9. The monoisotopic (exact) mass is 899 g/mol. The molecule has 8 N–H and O–H groups in total. The summed E-state index contributed by atoms with van der Waals surface area (Å²) in [6.07, 6.45) is 27.1. The second-order valence-electron chi connectivity index (χ2n) is 17.2. The standard InChI is InChI=1S/C49H72N6O8.C2H2/c1-5-6-7-8-9-10-11-12-13-14-15-16-17-21-44(58)54-42(32-56)34(3)50-30-45(59)51-29-33(2)55(4)47-37-23-24-38(36-19-18-20-36)39(28-37)40-26-35(22-25-43(40)57)27-41(49(62)63)53-46(60)31-52-48(47)61;1-2/h22-26,28,36,41-42,47,50,56-57H,2-3,5-21,27,29-32H2,1,4H3,(H,51,59)(H,52,61)(H,53,60)(H,54,58)(H,62,63);1-2H/t41-,42?,47?;/m0./s1. The van der Waals surface area contributed by atoms with Crippen molar-refractivity contribution in [3.8, 4) is 29.7 Å². The first-order valence-electron chi connectivity index (χ1n) is 23.4. The summed E-state index contributed by atoms with van der Waals surface area (Å²) in [6, 6.07) is 7.46. The molecule has 2 aliphatic rings. The molecule has 3 atom stereocenters. The van der Waals surface area contributed by atoms with Gasteiger partial charge >= 0.3 is 5.97 Å². The van der Waals surface area contributed by atoms with Crippen LogP contribution in [0.15, 0.2) is 61.0 Å². The van der Waals surface area contributed by atoms with Gasteiger partial charge in [-0.05, 0) is 65.6 Å². The van der Waals surface area contributed by atoms with Gasteiger partial charge in [0.2, 0.25) is 23.6 Å². The third-order valence-corrected chi connectivity index (χ3v) is 12.3. The number of carboxylic acid groups (broad SMARTS) is 1. The number of nitrogens with one attached hydrogen (secondary N) is 5. The van der Waals surface area contributed by atoms with Gasteiger partial charge in [0.05, 0.1) is 32.3 Å². The first kappa shape index (κ1) is 53.5. The van der Waals surface area contributed by atoms with Gasteiger partial charge in [0.25, 0.3) is 0 Å². The van der Waals surface area contributed by atoms with Crippen molar-refractivity contribution >= 4 is 29.6 Å². The SMILES string of the molecule is C#C.C=C(NCC(=O)NCC(=C)N(C)C1C(=O)NCC(=O)N[C@H](C(=O)O)Cc2ccc(O)c(c2)-c2cc1ccc2C1CCC1)C(CO)NC(=O)CCCCCCCCCCCCCCC. The number of aliphatic hydroxyl groups excluding tert-OH is 1. The molecule has 1 saturated carbocycles. The number of hydrogen-bond donors (Lipinski definition) is 8. The average molecular weight is 899 g/mol. The van der Waals surface area contributed by atoms with Gasteiger partial charge in [-0.25, -0.2) is 4.79 Å². The van der Waals surface area contributed by atoms with Crippen molar-refractivity contribution in [2.24, 2.45) is 0 Å². The Hall–Kier alpha value is -5.81. The number of fused-ring (bicyclic) bond motifs is 5. The van der Waals surface area contributed by atoms with E-state index in [-0.39, 0.29) is 49.4 Å². The van der Waals surface area contributed by atoms with Crippen molar-refractivity contribution < 1.29 is 39.3 Å². The van der Waals surface area contributed by atoms with Crippen LogP contribution in [0.4, 0.5) is 0 Å². The van der Waals surface area contributed by atoms with E-state index in [9.17, 15) is 39.3 Å². The Labute approximate surface area is 386 Å². The molecule has 1 aliphatic heterocycles. The quantitative estimate of drug-likeness (QED) is 0.0381. The average Bonchev–Trinajstić information content (AvgIpc) is 3.27. The van der Waals surface area contributed by atoms with Crippen LogP contribution in [0.1, 0.15) is 145 Å². The van der Waals surface area contributed by atoms with E-state index in [0.29, 0.717) is 28.8 Å². The molecule has 14 nitrogen and oxygen atoms in total. The van der Waals surface area contributed by atoms with E-state index < -0.39 is 48.4 Å². The molecule has 2 aromatic rings. The van der Waals surface area contributed by atoms with Crippen molar-refractivity contribution in [2.75, 3.05) is 33.3 Å². The predicted octanol–water partition coefficient (Wildman–Crippen LogP) is 6.48. The number of amides is 4. The number of terminal acetylenes is 1. The van der Waals surface area contributed by atoms with Crippen molar-refractivity contribution in [2.45, 2.75) is 147 Å². The zero-order valence-electron chi connectivity index (χ0n) is 38.7. The first-order chi connectivity index (χ1) is 31.3. The summed E-state index contributed by atoms with van der Waals surface area (Å²) in [5.74, 6) is -2.86. The molecule has 1 fully saturated rings. The van der Waals surface area contributed by atoms with Gasteiger partial charge in [-0.3, -0.25) is 19.2 Å². The molecule has 1 aliphatic carbocycles. The van der Waals surface area contributed by atoms with Gasteiger partial charge in [0.1, 0.15) is 17.8 Å². The largest absolute Gasteiger partial charge is 0.507 e. The fourth-order valence-corrected chi connectivity index (χ4v) is 8.17. The number of phenolic OH excluding ortho intramolecular Hbond substituents is 1. The lowest BCUT2D eigenvalue weighted by Gasteiger charge is -2.33. The summed E-state index contributed by atoms with van der Waals surface area (Å²) < 4.78 is 0. The first-order valence-corrected chi connectivity index (χ1v) is 23.4. The molecule has 4 bridgehead atoms. The lowest BCUT2D eigenvalue weighted by molar-refractivity contribution is -0.141. The summed E-state index contributed by atoms with van der Waals surface area (Å²) in [7, 11) is 1.65. The van der Waals surface area contributed by atoms with E-state index in [2.05, 4.69) is 59.5 Å². The molecule has 4 rings (SSSR count). The number of aliphatic hydroxyl groups is 1. The molecule has 0 spiro atoms. The van der Waals surface area contributed by atoms with Crippen LogP contribution >= 0.6 is 0 Å². The third-order valence-electron chi connectivity index (χ3n) is 12.3. The van der Waals surface area contributed by atoms with Gasteiger partial charge < -0.3 is 46.8 Å². The highest BCUT2D eigenvalue weighted by Gasteiger charge is 2.31. The van der Waals surface area contributed by atoms with Crippen LogP contribution in [0, 0.1) is 12.8 Å². The van der Waals surface area contributed by atoms with Gasteiger partial charge in [-0.1, -0.05) is 122 Å². The second kappa shape index (κ2) is 28.9. The Kier molecular flexibility index (Phi) is 23.8. The molecular weight excluding hydrogens is 825 g/mol. The normalized spacial score (nSPS) is 16.4. The smallest absolute Gasteiger partial charge is 0.326 e. The van der Waals surface area contributed by atoms with E-state index in [1.807, 2.05) is 18.2 Å². The molecule has 14 heteroatoms. The van der Waals surface area contributed by atoms with E-state index >= 15 is 0 Å². The minimum Gasteiger partial charge on any atom is -0.507 e. The molecule has 65 heavy (non-hydrogen) atoms. The van der Waals surface area contributed by atoms with Crippen molar-refractivity contribution in [1.29, 1.82) is 0 Å². The Balaban J connectivity index is 0.00000553. The summed E-state index contributed by atoms with van der Waals surface area (Å²) in [5.41, 5.74) is 4.02. The van der Waals surface area contributed by atoms with Crippen molar-refractivity contribution in [1.82, 2.24) is 31.5 Å². The zero-order chi connectivity index (χ0) is 47.7. The number of likely N-dealkylation sites (N-methyl/N-ethyl adjacent to an activating group) is 1. The van der Waals surface area contributed by atoms with Crippen LogP contribution in [-0.4, -0.2) is 95.2 Å². The van der Waals surface area contributed by atoms with E-state index in [4.69, 9.17) is 0 Å². The van der Waals surface area contributed by atoms with Gasteiger partial charge in [-0.2, -0.15) is 0 Å². The third kappa shape index (κ3) is 17.6. The van der Waals surface area contributed by atoms with Crippen LogP contribution in [0.25, 0.3) is 11.1 Å². The van der Waals surface area contributed by atoms with E-state index in [1.54, 1.807) is 24.1 Å². The van der Waals surface area contributed by atoms with Crippen LogP contribution < -0.4 is 26.6 Å². The molecular formula is C51H74N6O8. The molecule has 0 radical (unpaired) electrons. The number of phenols is 1. The summed E-state index contributed by atoms with van der Waals surface area (Å²) in [6.45, 7) is 9.19. The summed E-state index contributed by atoms with van der Waals surface area (Å²) in [5, 5.41) is 44.6. The number of nitrogens with zero attached hydrogens (tertiary/aromatic N) is 1. The molecule has 356 valence electrons. The van der Waals surface area contributed by atoms with Crippen LogP contribution in [-0.2, 0) is 30.4 Å². The number of benzene rings is 2. The highest BCUT2D eigenvalue weighted by Crippen LogP contribution is 2.44. The lowest BCUT2D eigenvalue weighted by atomic mass is 9.76. The molecule has 2 aromatic carbocycles. The molecule has 0 aromatic heterocycles. The van der Waals surface area contributed by atoms with Crippen molar-refractivity contribution in [3.05, 3.63) is 77.6 Å². The minimum absolute atomic E-state index is 0.00467. The number of carbonyl (C=O) groups is 5. The van der Waals surface area contributed by atoms with Gasteiger partial charge in [-0.15, -0.1) is 12.8 Å². The number of aliphatic carboxylic acids is 1. The minimum atomic E-state index is -1.27. The van der Waals surface area contributed by atoms with Crippen LogP contribution in [0.5, 0.6) is 5.75 Å². The molecule has 4 amide bonds. The zero-order valence-corrected chi connectivity index (χ0v) is 38.7. The predicted molar refractivity (Wildman–Crippen MR) is 255 cm³/mol. The topological polar surface area (TPSA) is 209 Å². The lowest BCUT2D eigenvalue weighted by Crippen LogP contribution is -2.48. The van der Waals surface area contributed by atoms with E-state index in [1.165, 1.54) is 70.3 Å².